The molecule has 0 bridgehead atoms. The van der Waals surface area contributed by atoms with Crippen LogP contribution < -0.4 is 4.90 Å². The molecular weight excluding hydrogens is 282 g/mol. The van der Waals surface area contributed by atoms with Crippen LogP contribution in [0, 0.1) is 10.7 Å². The Bertz CT molecular complexity index is 648. The molecule has 1 aliphatic heterocycles. The van der Waals surface area contributed by atoms with E-state index in [0.29, 0.717) is 10.7 Å². The van der Waals surface area contributed by atoms with Crippen LogP contribution in [0.2, 0.25) is 0 Å². The van der Waals surface area contributed by atoms with Crippen LogP contribution in [-0.4, -0.2) is 53.4 Å². The van der Waals surface area contributed by atoms with Crippen molar-refractivity contribution in [3.05, 3.63) is 35.1 Å². The van der Waals surface area contributed by atoms with Gasteiger partial charge in [-0.25, -0.2) is 5.10 Å². The van der Waals surface area contributed by atoms with Crippen LogP contribution in [0.5, 0.6) is 0 Å². The fraction of sp³-hybridized carbons (Fsp3) is 0.467. The molecule has 1 aromatic carbocycles. The first-order valence-electron chi connectivity index (χ1n) is 7.27. The van der Waals surface area contributed by atoms with E-state index in [9.17, 15) is 0 Å². The predicted molar refractivity (Wildman–Crippen MR) is 87.6 cm³/mol. The monoisotopic (exact) mass is 303 g/mol. The van der Waals surface area contributed by atoms with Gasteiger partial charge in [-0.3, -0.25) is 4.57 Å². The van der Waals surface area contributed by atoms with Crippen LogP contribution in [0.1, 0.15) is 6.42 Å². The lowest BCUT2D eigenvalue weighted by atomic mass is 10.1. The summed E-state index contributed by atoms with van der Waals surface area (Å²) in [5.74, 6) is 1.57. The van der Waals surface area contributed by atoms with Crippen molar-refractivity contribution in [2.75, 3.05) is 38.6 Å². The maximum absolute atomic E-state index is 5.39. The molecule has 21 heavy (non-hydrogen) atoms. The van der Waals surface area contributed by atoms with Gasteiger partial charge in [-0.1, -0.05) is 18.2 Å². The standard InChI is InChI=1S/C15H21N5S/c1-18-9-8-12(10-18)11-19(2)14-16-17-15(21)20(14)13-6-4-3-5-7-13/h3-7,12H,8-11H2,1-2H3,(H,17,21). The number of hydrogen-bond donors (Lipinski definition) is 1. The van der Waals surface area contributed by atoms with Gasteiger partial charge >= 0.3 is 0 Å². The molecule has 0 amide bonds. The summed E-state index contributed by atoms with van der Waals surface area (Å²) in [6, 6.07) is 10.1. The number of aromatic nitrogens is 3. The van der Waals surface area contributed by atoms with Crippen molar-refractivity contribution in [1.29, 1.82) is 0 Å². The van der Waals surface area contributed by atoms with E-state index >= 15 is 0 Å². The topological polar surface area (TPSA) is 40.1 Å². The number of para-hydroxylation sites is 1. The zero-order valence-corrected chi connectivity index (χ0v) is 13.3. The van der Waals surface area contributed by atoms with Crippen molar-refractivity contribution in [1.82, 2.24) is 19.7 Å². The van der Waals surface area contributed by atoms with Gasteiger partial charge in [0.1, 0.15) is 0 Å². The summed E-state index contributed by atoms with van der Waals surface area (Å²) < 4.78 is 2.63. The SMILES string of the molecule is CN1CCC(CN(C)c2n[nH]c(=S)n2-c2ccccc2)C1. The predicted octanol–water partition coefficient (Wildman–Crippen LogP) is 2.32. The fourth-order valence-corrected chi connectivity index (χ4v) is 3.23. The molecule has 5 nitrogen and oxygen atoms in total. The second-order valence-electron chi connectivity index (χ2n) is 5.80. The maximum Gasteiger partial charge on any atom is 0.230 e. The van der Waals surface area contributed by atoms with E-state index in [1.54, 1.807) is 0 Å². The molecule has 1 aromatic heterocycles. The van der Waals surface area contributed by atoms with E-state index in [4.69, 9.17) is 12.2 Å². The van der Waals surface area contributed by atoms with E-state index < -0.39 is 0 Å². The smallest absolute Gasteiger partial charge is 0.230 e. The molecule has 1 N–H and O–H groups in total. The Balaban J connectivity index is 1.84. The lowest BCUT2D eigenvalue weighted by Crippen LogP contribution is -2.29. The Kier molecular flexibility index (Phi) is 4.07. The molecule has 6 heteroatoms. The first-order valence-corrected chi connectivity index (χ1v) is 7.68. The minimum absolute atomic E-state index is 0.631. The lowest BCUT2D eigenvalue weighted by molar-refractivity contribution is 0.395. The van der Waals surface area contributed by atoms with E-state index in [-0.39, 0.29) is 0 Å². The highest BCUT2D eigenvalue weighted by atomic mass is 32.1. The summed E-state index contributed by atoms with van der Waals surface area (Å²) in [6.07, 6.45) is 1.25. The molecule has 1 saturated heterocycles. The minimum atomic E-state index is 0.631. The van der Waals surface area contributed by atoms with E-state index in [1.165, 1.54) is 13.0 Å². The molecule has 2 aromatic rings. The maximum atomic E-state index is 5.39. The van der Waals surface area contributed by atoms with E-state index in [1.807, 2.05) is 34.9 Å². The molecule has 1 fully saturated rings. The number of aromatic amines is 1. The zero-order valence-electron chi connectivity index (χ0n) is 12.5. The van der Waals surface area contributed by atoms with Gasteiger partial charge < -0.3 is 9.80 Å². The lowest BCUT2D eigenvalue weighted by Gasteiger charge is -2.22. The fourth-order valence-electron chi connectivity index (χ4n) is 3.00. The van der Waals surface area contributed by atoms with Gasteiger partial charge in [0.2, 0.25) is 10.7 Å². The van der Waals surface area contributed by atoms with Crippen molar-refractivity contribution in [2.24, 2.45) is 5.92 Å². The second-order valence-corrected chi connectivity index (χ2v) is 6.18. The zero-order chi connectivity index (χ0) is 14.8. The molecule has 0 saturated carbocycles. The number of nitrogens with one attached hydrogen (secondary N) is 1. The Hall–Kier alpha value is -1.66. The molecule has 1 aliphatic rings. The van der Waals surface area contributed by atoms with Crippen molar-refractivity contribution in [2.45, 2.75) is 6.42 Å². The van der Waals surface area contributed by atoms with Gasteiger partial charge in [-0.15, -0.1) is 5.10 Å². The molecule has 1 unspecified atom stereocenters. The molecule has 1 atom stereocenters. The van der Waals surface area contributed by atoms with E-state index in [2.05, 4.69) is 34.1 Å². The van der Waals surface area contributed by atoms with E-state index in [0.717, 1.165) is 24.7 Å². The van der Waals surface area contributed by atoms with Gasteiger partial charge in [0.05, 0.1) is 5.69 Å². The van der Waals surface area contributed by atoms with Crippen LogP contribution in [0.4, 0.5) is 5.95 Å². The van der Waals surface area contributed by atoms with Gasteiger partial charge in [-0.05, 0) is 50.3 Å². The summed E-state index contributed by atoms with van der Waals surface area (Å²) in [6.45, 7) is 3.33. The van der Waals surface area contributed by atoms with Crippen LogP contribution in [0.15, 0.2) is 30.3 Å². The number of anilines is 1. The molecule has 2 heterocycles. The van der Waals surface area contributed by atoms with Gasteiger partial charge in [0.25, 0.3) is 0 Å². The first-order chi connectivity index (χ1) is 10.1. The molecule has 112 valence electrons. The average molecular weight is 303 g/mol. The quantitative estimate of drug-likeness (QED) is 0.880. The average Bonchev–Trinajstić information content (AvgIpc) is 3.06. The number of H-pyrrole nitrogens is 1. The molecule has 3 rings (SSSR count). The van der Waals surface area contributed by atoms with Gasteiger partial charge in [0, 0.05) is 20.1 Å². The Morgan fingerprint density at radius 1 is 1.38 bits per heavy atom. The van der Waals surface area contributed by atoms with Crippen LogP contribution in [-0.2, 0) is 0 Å². The Morgan fingerprint density at radius 3 is 2.81 bits per heavy atom. The summed E-state index contributed by atoms with van der Waals surface area (Å²) >= 11 is 5.39. The van der Waals surface area contributed by atoms with Crippen molar-refractivity contribution in [3.63, 3.8) is 0 Å². The van der Waals surface area contributed by atoms with Crippen molar-refractivity contribution >= 4 is 18.2 Å². The third kappa shape index (κ3) is 3.01. The normalized spacial score (nSPS) is 19.0. The number of nitrogens with zero attached hydrogens (tertiary/aromatic N) is 4. The van der Waals surface area contributed by atoms with Gasteiger partial charge in [0.15, 0.2) is 0 Å². The number of hydrogen-bond acceptors (Lipinski definition) is 4. The Labute approximate surface area is 130 Å². The summed E-state index contributed by atoms with van der Waals surface area (Å²) in [5.41, 5.74) is 1.04. The summed E-state index contributed by atoms with van der Waals surface area (Å²) in [5, 5.41) is 7.33. The number of rotatable bonds is 4. The van der Waals surface area contributed by atoms with Gasteiger partial charge in [-0.2, -0.15) is 0 Å². The molecular formula is C15H21N5S. The van der Waals surface area contributed by atoms with Crippen LogP contribution in [0.3, 0.4) is 0 Å². The summed E-state index contributed by atoms with van der Waals surface area (Å²) in [7, 11) is 4.27. The molecule has 0 aliphatic carbocycles. The third-order valence-electron chi connectivity index (χ3n) is 4.03. The first kappa shape index (κ1) is 14.3. The minimum Gasteiger partial charge on any atom is -0.343 e. The van der Waals surface area contributed by atoms with Crippen LogP contribution in [0.25, 0.3) is 5.69 Å². The third-order valence-corrected chi connectivity index (χ3v) is 4.31. The van der Waals surface area contributed by atoms with Crippen LogP contribution >= 0.6 is 12.2 Å². The second kappa shape index (κ2) is 5.99. The molecule has 0 radical (unpaired) electrons. The number of likely N-dealkylation sites (tertiary alicyclic amines) is 1. The highest BCUT2D eigenvalue weighted by Gasteiger charge is 2.22. The largest absolute Gasteiger partial charge is 0.343 e. The van der Waals surface area contributed by atoms with Crippen molar-refractivity contribution in [3.8, 4) is 5.69 Å². The van der Waals surface area contributed by atoms with Crippen molar-refractivity contribution < 1.29 is 0 Å². The highest BCUT2D eigenvalue weighted by Crippen LogP contribution is 2.21. The number of benzene rings is 1. The molecule has 0 spiro atoms. The Morgan fingerprint density at radius 2 is 2.14 bits per heavy atom. The highest BCUT2D eigenvalue weighted by molar-refractivity contribution is 7.71. The summed E-state index contributed by atoms with van der Waals surface area (Å²) in [4.78, 5) is 4.58.